The van der Waals surface area contributed by atoms with Gasteiger partial charge in [0.15, 0.2) is 24.4 Å². The highest BCUT2D eigenvalue weighted by atomic mass is 79.9. The van der Waals surface area contributed by atoms with Crippen LogP contribution in [-0.4, -0.2) is 5.78 Å². The van der Waals surface area contributed by atoms with Crippen molar-refractivity contribution in [3.63, 3.8) is 0 Å². The molecule has 1 heterocycles. The van der Waals surface area contributed by atoms with E-state index in [9.17, 15) is 4.79 Å². The lowest BCUT2D eigenvalue weighted by atomic mass is 10.1. The molecule has 0 aliphatic carbocycles. The molecule has 24 heavy (non-hydrogen) atoms. The Bertz CT molecular complexity index is 872. The highest BCUT2D eigenvalue weighted by Gasteiger charge is 2.05. The number of carbonyl (C=O) groups excluding carboxylic acids is 1. The molecule has 0 aliphatic rings. The van der Waals surface area contributed by atoms with Gasteiger partial charge in [0.25, 0.3) is 0 Å². The molecule has 2 nitrogen and oxygen atoms in total. The normalized spacial score (nSPS) is 10.9. The summed E-state index contributed by atoms with van der Waals surface area (Å²) in [4.78, 5) is 12.2. The summed E-state index contributed by atoms with van der Waals surface area (Å²) < 4.78 is 2.81. The molecule has 0 radical (unpaired) electrons. The largest absolute Gasteiger partial charge is 0.289 e. The minimum atomic E-state index is -0.0164. The molecule has 0 unspecified atom stereocenters. The van der Waals surface area contributed by atoms with Crippen LogP contribution < -0.4 is 4.57 Å². The predicted molar refractivity (Wildman–Crippen MR) is 99.7 cm³/mol. The van der Waals surface area contributed by atoms with E-state index in [0.717, 1.165) is 10.9 Å². The van der Waals surface area contributed by atoms with Gasteiger partial charge in [0.05, 0.1) is 6.08 Å². The van der Waals surface area contributed by atoms with Crippen LogP contribution in [0.15, 0.2) is 89.7 Å². The third kappa shape index (κ3) is 4.49. The molecule has 0 fully saturated rings. The first-order chi connectivity index (χ1) is 11.7. The molecular formula is C21H17BrNO+. The Labute approximate surface area is 150 Å². The Hall–Kier alpha value is -2.52. The second-order valence-electron chi connectivity index (χ2n) is 5.51. The SMILES string of the molecule is O=C(/C=C/[n+]1cccc(Cc2ccccc2)c1)c1cccc(Br)c1. The molecule has 0 bridgehead atoms. The minimum Gasteiger partial charge on any atom is -0.289 e. The van der Waals surface area contributed by atoms with Crippen LogP contribution in [0.25, 0.3) is 6.20 Å². The first kappa shape index (κ1) is 16.3. The highest BCUT2D eigenvalue weighted by molar-refractivity contribution is 9.10. The van der Waals surface area contributed by atoms with Gasteiger partial charge in [-0.1, -0.05) is 58.4 Å². The number of allylic oxidation sites excluding steroid dienone is 1. The molecule has 118 valence electrons. The van der Waals surface area contributed by atoms with Crippen molar-refractivity contribution >= 4 is 27.9 Å². The fourth-order valence-corrected chi connectivity index (χ4v) is 2.86. The Balaban J connectivity index is 1.73. The topological polar surface area (TPSA) is 20.9 Å². The van der Waals surface area contributed by atoms with E-state index in [2.05, 4.69) is 34.1 Å². The molecule has 0 saturated carbocycles. The maximum atomic E-state index is 12.2. The average Bonchev–Trinajstić information content (AvgIpc) is 2.61. The summed E-state index contributed by atoms with van der Waals surface area (Å²) in [7, 11) is 0. The number of pyridine rings is 1. The van der Waals surface area contributed by atoms with Gasteiger partial charge < -0.3 is 0 Å². The van der Waals surface area contributed by atoms with Crippen molar-refractivity contribution in [2.75, 3.05) is 0 Å². The molecular weight excluding hydrogens is 362 g/mol. The Morgan fingerprint density at radius 2 is 1.75 bits per heavy atom. The zero-order valence-corrected chi connectivity index (χ0v) is 14.7. The smallest absolute Gasteiger partial charge is 0.191 e. The van der Waals surface area contributed by atoms with Crippen molar-refractivity contribution in [3.05, 3.63) is 106 Å². The number of hydrogen-bond acceptors (Lipinski definition) is 1. The van der Waals surface area contributed by atoms with E-state index in [-0.39, 0.29) is 5.78 Å². The number of aromatic nitrogens is 1. The predicted octanol–water partition coefficient (Wildman–Crippen LogP) is 4.68. The van der Waals surface area contributed by atoms with Crippen LogP contribution in [0.3, 0.4) is 0 Å². The fraction of sp³-hybridized carbons (Fsp3) is 0.0476. The molecule has 1 aromatic heterocycles. The Kier molecular flexibility index (Phi) is 5.34. The first-order valence-electron chi connectivity index (χ1n) is 7.72. The van der Waals surface area contributed by atoms with Gasteiger partial charge in [0, 0.05) is 28.1 Å². The van der Waals surface area contributed by atoms with Crippen LogP contribution in [0.5, 0.6) is 0 Å². The molecule has 0 aliphatic heterocycles. The van der Waals surface area contributed by atoms with Crippen LogP contribution in [0.2, 0.25) is 0 Å². The number of rotatable bonds is 5. The number of nitrogens with zero attached hydrogens (tertiary/aromatic N) is 1. The van der Waals surface area contributed by atoms with E-state index >= 15 is 0 Å². The molecule has 0 saturated heterocycles. The molecule has 0 amide bonds. The summed E-state index contributed by atoms with van der Waals surface area (Å²) >= 11 is 3.39. The van der Waals surface area contributed by atoms with Crippen LogP contribution in [0, 0.1) is 0 Å². The van der Waals surface area contributed by atoms with Crippen molar-refractivity contribution in [2.45, 2.75) is 6.42 Å². The van der Waals surface area contributed by atoms with Crippen molar-refractivity contribution < 1.29 is 9.36 Å². The van der Waals surface area contributed by atoms with Crippen molar-refractivity contribution in [1.29, 1.82) is 0 Å². The lowest BCUT2D eigenvalue weighted by Crippen LogP contribution is -2.25. The van der Waals surface area contributed by atoms with Gasteiger partial charge in [0.1, 0.15) is 0 Å². The number of hydrogen-bond donors (Lipinski definition) is 0. The summed E-state index contributed by atoms with van der Waals surface area (Å²) in [5.74, 6) is -0.0164. The van der Waals surface area contributed by atoms with E-state index < -0.39 is 0 Å². The molecule has 2 aromatic carbocycles. The van der Waals surface area contributed by atoms with Gasteiger partial charge in [-0.15, -0.1) is 0 Å². The number of halogens is 1. The standard InChI is InChI=1S/C21H17BrNO/c22-20-10-4-9-19(15-20)21(24)11-13-23-12-5-8-18(16-23)14-17-6-2-1-3-7-17/h1-13,15-16H,14H2/q+1/b13-11+. The Morgan fingerprint density at radius 1 is 0.958 bits per heavy atom. The van der Waals surface area contributed by atoms with Gasteiger partial charge in [-0.3, -0.25) is 4.79 Å². The molecule has 0 atom stereocenters. The summed E-state index contributed by atoms with van der Waals surface area (Å²) in [6, 6.07) is 21.8. The number of benzene rings is 2. The second-order valence-corrected chi connectivity index (χ2v) is 6.43. The molecule has 0 spiro atoms. The second kappa shape index (κ2) is 7.84. The maximum absolute atomic E-state index is 12.2. The lowest BCUT2D eigenvalue weighted by Gasteiger charge is -1.99. The zero-order valence-electron chi connectivity index (χ0n) is 13.1. The molecule has 3 rings (SSSR count). The van der Waals surface area contributed by atoms with E-state index in [1.165, 1.54) is 11.1 Å². The first-order valence-corrected chi connectivity index (χ1v) is 8.52. The molecule has 3 aromatic rings. The van der Waals surface area contributed by atoms with Gasteiger partial charge in [-0.25, -0.2) is 0 Å². The van der Waals surface area contributed by atoms with E-state index in [0.29, 0.717) is 5.56 Å². The van der Waals surface area contributed by atoms with Gasteiger partial charge in [-0.2, -0.15) is 4.57 Å². The summed E-state index contributed by atoms with van der Waals surface area (Å²) in [5, 5.41) is 0. The van der Waals surface area contributed by atoms with Gasteiger partial charge >= 0.3 is 0 Å². The summed E-state index contributed by atoms with van der Waals surface area (Å²) in [6.45, 7) is 0. The fourth-order valence-electron chi connectivity index (χ4n) is 2.46. The Morgan fingerprint density at radius 3 is 2.54 bits per heavy atom. The van der Waals surface area contributed by atoms with E-state index in [1.807, 2.05) is 65.5 Å². The van der Waals surface area contributed by atoms with Crippen molar-refractivity contribution in [2.24, 2.45) is 0 Å². The third-order valence-electron chi connectivity index (χ3n) is 3.64. The van der Waals surface area contributed by atoms with Gasteiger partial charge in [-0.05, 0) is 23.8 Å². The minimum absolute atomic E-state index is 0.0164. The highest BCUT2D eigenvalue weighted by Crippen LogP contribution is 2.12. The molecule has 3 heteroatoms. The molecule has 0 N–H and O–H groups in total. The van der Waals surface area contributed by atoms with Crippen LogP contribution in [0.1, 0.15) is 21.5 Å². The van der Waals surface area contributed by atoms with E-state index in [4.69, 9.17) is 0 Å². The lowest BCUT2D eigenvalue weighted by molar-refractivity contribution is -0.568. The zero-order chi connectivity index (χ0) is 16.8. The summed E-state index contributed by atoms with van der Waals surface area (Å²) in [6.07, 6.45) is 8.22. The summed E-state index contributed by atoms with van der Waals surface area (Å²) in [5.41, 5.74) is 3.13. The van der Waals surface area contributed by atoms with Crippen LogP contribution >= 0.6 is 15.9 Å². The number of ketones is 1. The average molecular weight is 379 g/mol. The van der Waals surface area contributed by atoms with Crippen LogP contribution in [-0.2, 0) is 6.42 Å². The monoisotopic (exact) mass is 378 g/mol. The number of carbonyl (C=O) groups is 1. The van der Waals surface area contributed by atoms with Gasteiger partial charge in [0.2, 0.25) is 0 Å². The van der Waals surface area contributed by atoms with Crippen molar-refractivity contribution in [1.82, 2.24) is 0 Å². The van der Waals surface area contributed by atoms with Crippen molar-refractivity contribution in [3.8, 4) is 0 Å². The third-order valence-corrected chi connectivity index (χ3v) is 4.13. The van der Waals surface area contributed by atoms with Crippen LogP contribution in [0.4, 0.5) is 0 Å². The quantitative estimate of drug-likeness (QED) is 0.358. The maximum Gasteiger partial charge on any atom is 0.191 e. The van der Waals surface area contributed by atoms with E-state index in [1.54, 1.807) is 12.3 Å².